The number of anilines is 6. The van der Waals surface area contributed by atoms with Crippen LogP contribution in [0.2, 0.25) is 10.0 Å². The lowest BCUT2D eigenvalue weighted by atomic mass is 9.80. The number of hydrogen-bond donors (Lipinski definition) is 3. The van der Waals surface area contributed by atoms with E-state index in [0.717, 1.165) is 42.5 Å². The van der Waals surface area contributed by atoms with Crippen molar-refractivity contribution in [2.75, 3.05) is 16.0 Å². The summed E-state index contributed by atoms with van der Waals surface area (Å²) in [5.74, 6) is 1.03. The van der Waals surface area contributed by atoms with E-state index in [1.165, 1.54) is 12.0 Å². The first-order valence-electron chi connectivity index (χ1n) is 20.6. The second kappa shape index (κ2) is 17.2. The van der Waals surface area contributed by atoms with Crippen LogP contribution in [0, 0.1) is 13.8 Å². The van der Waals surface area contributed by atoms with E-state index < -0.39 is 0 Å². The van der Waals surface area contributed by atoms with Gasteiger partial charge in [0, 0.05) is 28.7 Å². The minimum Gasteiger partial charge on any atom is -0.454 e. The highest BCUT2D eigenvalue weighted by Gasteiger charge is 2.39. The molecular weight excluding hydrogens is 801 g/mol. The minimum absolute atomic E-state index is 0.168. The summed E-state index contributed by atoms with van der Waals surface area (Å²) in [7, 11) is 0. The predicted molar refractivity (Wildman–Crippen MR) is 247 cm³/mol. The van der Waals surface area contributed by atoms with Crippen molar-refractivity contribution in [1.82, 2.24) is 0 Å². The van der Waals surface area contributed by atoms with Crippen molar-refractivity contribution in [3.63, 3.8) is 0 Å². The number of para-hydroxylation sites is 3. The number of ketones is 2. The number of carbonyl (C=O) groups excluding carboxylic acids is 2. The second-order valence-corrected chi connectivity index (χ2v) is 16.5. The Hall–Kier alpha value is -6.54. The molecule has 0 unspecified atom stereocenters. The maximum atomic E-state index is 15.8. The van der Waals surface area contributed by atoms with E-state index in [9.17, 15) is 0 Å². The van der Waals surface area contributed by atoms with Crippen LogP contribution in [0.1, 0.15) is 86.6 Å². The van der Waals surface area contributed by atoms with Crippen molar-refractivity contribution in [2.45, 2.75) is 51.9 Å². The molecule has 1 saturated carbocycles. The molecule has 2 aliphatic carbocycles. The molecule has 0 saturated heterocycles. The summed E-state index contributed by atoms with van der Waals surface area (Å²) >= 11 is 13.3. The van der Waals surface area contributed by atoms with E-state index in [-0.39, 0.29) is 33.8 Å². The molecule has 0 radical (unpaired) electrons. The van der Waals surface area contributed by atoms with Crippen molar-refractivity contribution in [3.8, 4) is 23.0 Å². The highest BCUT2D eigenvalue weighted by Crippen LogP contribution is 2.50. The van der Waals surface area contributed by atoms with Crippen LogP contribution in [0.5, 0.6) is 23.0 Å². The molecule has 2 aliphatic rings. The Morgan fingerprint density at radius 1 is 0.492 bits per heavy atom. The summed E-state index contributed by atoms with van der Waals surface area (Å²) in [5, 5.41) is 11.4. The Morgan fingerprint density at radius 3 is 1.64 bits per heavy atom. The molecule has 304 valence electrons. The number of ether oxygens (including phenoxy) is 2. The molecule has 3 N–H and O–H groups in total. The second-order valence-electron chi connectivity index (χ2n) is 15.7. The summed E-state index contributed by atoms with van der Waals surface area (Å²) in [6.07, 6.45) is 5.68. The summed E-state index contributed by atoms with van der Waals surface area (Å²) in [5.41, 5.74) is 7.40. The molecule has 9 heteroatoms. The maximum absolute atomic E-state index is 15.8. The molecule has 7 aromatic carbocycles. The van der Waals surface area contributed by atoms with Gasteiger partial charge >= 0.3 is 0 Å². The average molecular weight is 845 g/mol. The van der Waals surface area contributed by atoms with Crippen molar-refractivity contribution < 1.29 is 19.1 Å². The van der Waals surface area contributed by atoms with Gasteiger partial charge in [-0.05, 0) is 105 Å². The molecule has 0 spiro atoms. The average Bonchev–Trinajstić information content (AvgIpc) is 3.27. The zero-order chi connectivity index (χ0) is 42.0. The molecule has 0 bridgehead atoms. The van der Waals surface area contributed by atoms with Crippen LogP contribution in [-0.2, 0) is 0 Å². The van der Waals surface area contributed by atoms with Gasteiger partial charge in [0.2, 0.25) is 0 Å². The van der Waals surface area contributed by atoms with Crippen molar-refractivity contribution >= 4 is 68.9 Å². The molecule has 0 heterocycles. The number of benzene rings is 7. The lowest BCUT2D eigenvalue weighted by Crippen LogP contribution is -2.25. The number of nitrogens with one attached hydrogen (secondary N) is 3. The van der Waals surface area contributed by atoms with Gasteiger partial charge in [-0.2, -0.15) is 0 Å². The van der Waals surface area contributed by atoms with Crippen LogP contribution in [0.25, 0.3) is 0 Å². The maximum Gasteiger partial charge on any atom is 0.198 e. The van der Waals surface area contributed by atoms with Gasteiger partial charge < -0.3 is 25.4 Å². The van der Waals surface area contributed by atoms with Gasteiger partial charge in [-0.15, -0.1) is 0 Å². The number of rotatable bonds is 11. The number of carbonyl (C=O) groups is 2. The topological polar surface area (TPSA) is 88.7 Å². The fourth-order valence-corrected chi connectivity index (χ4v) is 8.63. The third-order valence-electron chi connectivity index (χ3n) is 11.4. The fraction of sp³-hybridized carbons (Fsp3) is 0.154. The SMILES string of the molecule is Cc1ccc(Nc2c(Oc3ccccc3Cl)ccc3c2C(=O)c2c(Nc4ccccc4C4CCCCC4)cc(Oc4ccccc4Cl)c(Nc4ccc(C)cc4)c2C3=O)cc1. The van der Waals surface area contributed by atoms with Gasteiger partial charge in [0.1, 0.15) is 11.5 Å². The monoisotopic (exact) mass is 843 g/mol. The molecule has 0 atom stereocenters. The fourth-order valence-electron chi connectivity index (χ4n) is 8.28. The van der Waals surface area contributed by atoms with Crippen LogP contribution < -0.4 is 25.4 Å². The number of halogens is 2. The highest BCUT2D eigenvalue weighted by atomic mass is 35.5. The zero-order valence-electron chi connectivity index (χ0n) is 33.8. The van der Waals surface area contributed by atoms with Crippen molar-refractivity contribution in [3.05, 3.63) is 189 Å². The molecule has 7 aromatic rings. The Morgan fingerprint density at radius 2 is 1.03 bits per heavy atom. The first kappa shape index (κ1) is 39.9. The van der Waals surface area contributed by atoms with E-state index in [4.69, 9.17) is 32.7 Å². The Bertz CT molecular complexity index is 2800. The number of aryl methyl sites for hydroxylation is 2. The van der Waals surface area contributed by atoms with Gasteiger partial charge in [-0.1, -0.05) is 120 Å². The van der Waals surface area contributed by atoms with E-state index in [1.807, 2.05) is 98.8 Å². The van der Waals surface area contributed by atoms with E-state index in [1.54, 1.807) is 42.5 Å². The summed E-state index contributed by atoms with van der Waals surface area (Å²) in [6.45, 7) is 4.01. The van der Waals surface area contributed by atoms with Crippen LogP contribution >= 0.6 is 23.2 Å². The van der Waals surface area contributed by atoms with Gasteiger partial charge in [0.05, 0.1) is 43.8 Å². The quantitative estimate of drug-likeness (QED) is 0.119. The lowest BCUT2D eigenvalue weighted by Gasteiger charge is -2.29. The highest BCUT2D eigenvalue weighted by molar-refractivity contribution is 6.35. The molecular formula is C52H43Cl2N3O4. The number of fused-ring (bicyclic) bond motifs is 2. The normalized spacial score (nSPS) is 13.6. The van der Waals surface area contributed by atoms with Gasteiger partial charge in [0.15, 0.2) is 23.1 Å². The summed E-state index contributed by atoms with van der Waals surface area (Å²) < 4.78 is 13.1. The van der Waals surface area contributed by atoms with Crippen molar-refractivity contribution in [2.24, 2.45) is 0 Å². The first-order valence-corrected chi connectivity index (χ1v) is 21.3. The molecule has 61 heavy (non-hydrogen) atoms. The molecule has 0 aromatic heterocycles. The molecule has 9 rings (SSSR count). The van der Waals surface area contributed by atoms with Gasteiger partial charge in [0.25, 0.3) is 0 Å². The Balaban J connectivity index is 1.28. The van der Waals surface area contributed by atoms with Crippen LogP contribution in [0.15, 0.2) is 140 Å². The molecule has 0 aliphatic heterocycles. The first-order chi connectivity index (χ1) is 29.7. The van der Waals surface area contributed by atoms with Crippen LogP contribution in [0.4, 0.5) is 34.1 Å². The lowest BCUT2D eigenvalue weighted by molar-refractivity contribution is 0.0980. The van der Waals surface area contributed by atoms with Gasteiger partial charge in [-0.25, -0.2) is 0 Å². The smallest absolute Gasteiger partial charge is 0.198 e. The van der Waals surface area contributed by atoms with Crippen LogP contribution in [-0.4, -0.2) is 11.6 Å². The molecule has 0 amide bonds. The van der Waals surface area contributed by atoms with E-state index in [0.29, 0.717) is 67.4 Å². The largest absolute Gasteiger partial charge is 0.454 e. The van der Waals surface area contributed by atoms with E-state index in [2.05, 4.69) is 28.1 Å². The van der Waals surface area contributed by atoms with Gasteiger partial charge in [-0.3, -0.25) is 9.59 Å². The standard InChI is InChI=1S/C52H43Cl2N3O4/c1-31-20-24-34(25-21-31)55-49-44(60-42-18-10-7-15-38(42)53)29-28-37-46(49)52(59)47-41(57-40-17-9-6-14-36(40)33-12-4-3-5-13-33)30-45(61-43-19-11-8-16-39(43)54)50(48(47)51(37)58)56-35-26-22-32(2)23-27-35/h6-11,14-30,33,55-57H,3-5,12-13H2,1-2H3. The third-order valence-corrected chi connectivity index (χ3v) is 12.0. The summed E-state index contributed by atoms with van der Waals surface area (Å²) in [4.78, 5) is 31.2. The number of hydrogen-bond acceptors (Lipinski definition) is 7. The van der Waals surface area contributed by atoms with Crippen molar-refractivity contribution in [1.29, 1.82) is 0 Å². The van der Waals surface area contributed by atoms with E-state index >= 15 is 9.59 Å². The Kier molecular flexibility index (Phi) is 11.3. The van der Waals surface area contributed by atoms with Crippen LogP contribution in [0.3, 0.4) is 0 Å². The Labute approximate surface area is 365 Å². The zero-order valence-corrected chi connectivity index (χ0v) is 35.3. The summed E-state index contributed by atoms with van der Waals surface area (Å²) in [6, 6.07) is 43.3. The minimum atomic E-state index is -0.377. The molecule has 1 fully saturated rings. The predicted octanol–water partition coefficient (Wildman–Crippen LogP) is 15.2. The third kappa shape index (κ3) is 8.19. The molecule has 7 nitrogen and oxygen atoms in total.